The van der Waals surface area contributed by atoms with Crippen molar-refractivity contribution in [3.05, 3.63) is 0 Å². The Hall–Kier alpha value is -0.260. The average molecular weight is 221 g/mol. The quantitative estimate of drug-likeness (QED) is 0.625. The van der Waals surface area contributed by atoms with E-state index in [-0.39, 0.29) is 5.75 Å². The van der Waals surface area contributed by atoms with Gasteiger partial charge in [-0.2, -0.15) is 0 Å². The molecule has 0 spiro atoms. The van der Waals surface area contributed by atoms with E-state index in [9.17, 15) is 9.90 Å². The highest BCUT2D eigenvalue weighted by Gasteiger charge is 2.09. The molecule has 0 heterocycles. The Morgan fingerprint density at radius 2 is 2.00 bits per heavy atom. The first-order valence-corrected chi connectivity index (χ1v) is 5.95. The maximum absolute atomic E-state index is 10.2. The van der Waals surface area contributed by atoms with Gasteiger partial charge in [0, 0.05) is 12.3 Å². The molecule has 0 saturated carbocycles. The Balaban J connectivity index is 3.53. The number of aliphatic carboxylic acids is 1. The molecule has 1 atom stereocenters. The van der Waals surface area contributed by atoms with E-state index in [0.29, 0.717) is 12.3 Å². The molecule has 0 aromatic rings. The van der Waals surface area contributed by atoms with E-state index in [4.69, 9.17) is 5.11 Å². The molecule has 2 N–H and O–H groups in total. The Morgan fingerprint density at radius 3 is 2.43 bits per heavy atom. The molecule has 0 bridgehead atoms. The summed E-state index contributed by atoms with van der Waals surface area (Å²) in [5.74, 6) is -0.275. The van der Waals surface area contributed by atoms with Gasteiger partial charge in [-0.1, -0.05) is 13.8 Å². The van der Waals surface area contributed by atoms with Crippen molar-refractivity contribution in [3.8, 4) is 0 Å². The van der Waals surface area contributed by atoms with Gasteiger partial charge in [0.1, 0.15) is 0 Å². The molecular formula is C9H19NO3S. The molecule has 4 nitrogen and oxygen atoms in total. The van der Waals surface area contributed by atoms with Crippen molar-refractivity contribution in [2.24, 2.45) is 0 Å². The Bertz CT molecular complexity index is 162. The Kier molecular flexibility index (Phi) is 7.93. The lowest BCUT2D eigenvalue weighted by Crippen LogP contribution is -2.33. The van der Waals surface area contributed by atoms with Crippen molar-refractivity contribution in [2.75, 3.05) is 31.1 Å². The number of aliphatic hydroxyl groups is 1. The monoisotopic (exact) mass is 221 g/mol. The highest BCUT2D eigenvalue weighted by Crippen LogP contribution is 2.04. The van der Waals surface area contributed by atoms with Crippen molar-refractivity contribution < 1.29 is 15.0 Å². The molecule has 84 valence electrons. The molecule has 0 aliphatic carbocycles. The first kappa shape index (κ1) is 13.7. The minimum absolute atomic E-state index is 0.0648. The van der Waals surface area contributed by atoms with E-state index >= 15 is 0 Å². The van der Waals surface area contributed by atoms with E-state index < -0.39 is 12.1 Å². The third kappa shape index (κ3) is 7.17. The minimum atomic E-state index is -0.829. The highest BCUT2D eigenvalue weighted by atomic mass is 32.2. The highest BCUT2D eigenvalue weighted by molar-refractivity contribution is 7.99. The lowest BCUT2D eigenvalue weighted by Gasteiger charge is -2.21. The number of carbonyl (C=O) groups is 1. The van der Waals surface area contributed by atoms with Gasteiger partial charge in [0.25, 0.3) is 0 Å². The maximum atomic E-state index is 10.2. The van der Waals surface area contributed by atoms with Gasteiger partial charge in [0.2, 0.25) is 0 Å². The predicted molar refractivity (Wildman–Crippen MR) is 58.8 cm³/mol. The number of rotatable bonds is 8. The van der Waals surface area contributed by atoms with Gasteiger partial charge < -0.3 is 15.1 Å². The second-order valence-electron chi connectivity index (χ2n) is 3.05. The standard InChI is InChI=1S/C9H19NO3S/c1-3-10(4-2)5-8(11)6-14-7-9(12)13/h8,11H,3-7H2,1-2H3,(H,12,13). The summed E-state index contributed by atoms with van der Waals surface area (Å²) < 4.78 is 0. The predicted octanol–water partition coefficient (Wildman–Crippen LogP) is 0.507. The van der Waals surface area contributed by atoms with Crippen LogP contribution in [0.15, 0.2) is 0 Å². The summed E-state index contributed by atoms with van der Waals surface area (Å²) in [5.41, 5.74) is 0. The van der Waals surface area contributed by atoms with Gasteiger partial charge in [-0.3, -0.25) is 4.79 Å². The lowest BCUT2D eigenvalue weighted by atomic mass is 10.3. The SMILES string of the molecule is CCN(CC)CC(O)CSCC(=O)O. The van der Waals surface area contributed by atoms with Crippen molar-refractivity contribution >= 4 is 17.7 Å². The van der Waals surface area contributed by atoms with Crippen molar-refractivity contribution in [1.29, 1.82) is 0 Å². The van der Waals surface area contributed by atoms with Crippen LogP contribution in [0.5, 0.6) is 0 Å². The summed E-state index contributed by atoms with van der Waals surface area (Å²) >= 11 is 1.26. The fraction of sp³-hybridized carbons (Fsp3) is 0.889. The summed E-state index contributed by atoms with van der Waals surface area (Å²) in [5, 5.41) is 17.9. The number of hydrogen-bond donors (Lipinski definition) is 2. The molecule has 14 heavy (non-hydrogen) atoms. The molecule has 0 aliphatic rings. The number of hydrogen-bond acceptors (Lipinski definition) is 4. The number of carboxylic acids is 1. The molecule has 0 aromatic carbocycles. The van der Waals surface area contributed by atoms with Crippen LogP contribution in [0.4, 0.5) is 0 Å². The third-order valence-corrected chi connectivity index (χ3v) is 2.97. The molecule has 1 unspecified atom stereocenters. The average Bonchev–Trinajstić information content (AvgIpc) is 2.13. The molecule has 0 radical (unpaired) electrons. The summed E-state index contributed by atoms with van der Waals surface area (Å²) in [6.07, 6.45) is -0.431. The second kappa shape index (κ2) is 8.08. The molecule has 0 aliphatic heterocycles. The van der Waals surface area contributed by atoms with Crippen molar-refractivity contribution in [3.63, 3.8) is 0 Å². The van der Waals surface area contributed by atoms with Crippen LogP contribution in [-0.2, 0) is 4.79 Å². The number of thioether (sulfide) groups is 1. The molecule has 0 fully saturated rings. The fourth-order valence-corrected chi connectivity index (χ4v) is 1.78. The summed E-state index contributed by atoms with van der Waals surface area (Å²) in [4.78, 5) is 12.3. The number of aliphatic hydroxyl groups excluding tert-OH is 1. The molecule has 0 aromatic heterocycles. The summed E-state index contributed by atoms with van der Waals surface area (Å²) in [6.45, 7) is 6.54. The van der Waals surface area contributed by atoms with Crippen molar-refractivity contribution in [1.82, 2.24) is 4.90 Å². The van der Waals surface area contributed by atoms with Crippen LogP contribution in [-0.4, -0.2) is 58.3 Å². The minimum Gasteiger partial charge on any atom is -0.481 e. The van der Waals surface area contributed by atoms with Crippen LogP contribution < -0.4 is 0 Å². The fourth-order valence-electron chi connectivity index (χ4n) is 1.11. The van der Waals surface area contributed by atoms with Crippen LogP contribution in [0, 0.1) is 0 Å². The third-order valence-electron chi connectivity index (χ3n) is 1.90. The zero-order chi connectivity index (χ0) is 11.0. The maximum Gasteiger partial charge on any atom is 0.313 e. The van der Waals surface area contributed by atoms with Gasteiger partial charge in [-0.25, -0.2) is 0 Å². The van der Waals surface area contributed by atoms with E-state index in [1.165, 1.54) is 11.8 Å². The van der Waals surface area contributed by atoms with E-state index in [1.54, 1.807) is 0 Å². The van der Waals surface area contributed by atoms with Crippen LogP contribution in [0.1, 0.15) is 13.8 Å². The number of nitrogens with zero attached hydrogens (tertiary/aromatic N) is 1. The Labute approximate surface area is 89.3 Å². The lowest BCUT2D eigenvalue weighted by molar-refractivity contribution is -0.133. The topological polar surface area (TPSA) is 60.8 Å². The normalized spacial score (nSPS) is 13.1. The second-order valence-corrected chi connectivity index (χ2v) is 4.08. The van der Waals surface area contributed by atoms with Crippen molar-refractivity contribution in [2.45, 2.75) is 20.0 Å². The van der Waals surface area contributed by atoms with E-state index in [1.807, 2.05) is 13.8 Å². The summed E-state index contributed by atoms with van der Waals surface area (Å²) in [7, 11) is 0. The molecule has 5 heteroatoms. The van der Waals surface area contributed by atoms with Gasteiger partial charge in [-0.05, 0) is 13.1 Å². The van der Waals surface area contributed by atoms with Gasteiger partial charge in [-0.15, -0.1) is 11.8 Å². The van der Waals surface area contributed by atoms with E-state index in [2.05, 4.69) is 4.90 Å². The van der Waals surface area contributed by atoms with Crippen LogP contribution in [0.2, 0.25) is 0 Å². The van der Waals surface area contributed by atoms with Gasteiger partial charge in [0.05, 0.1) is 11.9 Å². The molecular weight excluding hydrogens is 202 g/mol. The molecule has 0 saturated heterocycles. The number of likely N-dealkylation sites (N-methyl/N-ethyl adjacent to an activating group) is 1. The molecule has 0 amide bonds. The van der Waals surface area contributed by atoms with E-state index in [0.717, 1.165) is 13.1 Å². The zero-order valence-electron chi connectivity index (χ0n) is 8.77. The molecule has 0 rings (SSSR count). The van der Waals surface area contributed by atoms with Gasteiger partial charge >= 0.3 is 5.97 Å². The van der Waals surface area contributed by atoms with Gasteiger partial charge in [0.15, 0.2) is 0 Å². The smallest absolute Gasteiger partial charge is 0.313 e. The first-order valence-electron chi connectivity index (χ1n) is 4.80. The summed E-state index contributed by atoms with van der Waals surface area (Å²) in [6, 6.07) is 0. The Morgan fingerprint density at radius 1 is 1.43 bits per heavy atom. The zero-order valence-corrected chi connectivity index (χ0v) is 9.59. The first-order chi connectivity index (χ1) is 6.60. The van der Waals surface area contributed by atoms with Crippen LogP contribution >= 0.6 is 11.8 Å². The van der Waals surface area contributed by atoms with Crippen LogP contribution in [0.3, 0.4) is 0 Å². The largest absolute Gasteiger partial charge is 0.481 e. The van der Waals surface area contributed by atoms with Crippen LogP contribution in [0.25, 0.3) is 0 Å². The number of carboxylic acid groups (broad SMARTS) is 1.